The Bertz CT molecular complexity index is 576. The maximum Gasteiger partial charge on any atom is 0.243 e. The minimum atomic E-state index is -0.687. The number of amides is 2. The Morgan fingerprint density at radius 3 is 2.12 bits per heavy atom. The van der Waals surface area contributed by atoms with E-state index in [9.17, 15) is 9.59 Å². The Kier molecular flexibility index (Phi) is 7.42. The molecule has 0 aliphatic rings. The number of carbonyl (C=O) groups excluding carboxylic acids is 2. The van der Waals surface area contributed by atoms with Gasteiger partial charge in [0.05, 0.1) is 6.04 Å². The van der Waals surface area contributed by atoms with Crippen LogP contribution in [-0.4, -0.2) is 29.4 Å². The molecule has 1 rings (SSSR count). The van der Waals surface area contributed by atoms with Crippen LogP contribution in [0.25, 0.3) is 0 Å². The van der Waals surface area contributed by atoms with E-state index in [1.165, 1.54) is 0 Å². The highest BCUT2D eigenvalue weighted by Crippen LogP contribution is 2.10. The predicted octanol–water partition coefficient (Wildman–Crippen LogP) is 1.58. The topological polar surface area (TPSA) is 110 Å². The van der Waals surface area contributed by atoms with E-state index in [1.807, 2.05) is 46.8 Å². The first-order chi connectivity index (χ1) is 11.5. The van der Waals surface area contributed by atoms with Crippen molar-refractivity contribution in [2.75, 3.05) is 5.73 Å². The third-order valence-electron chi connectivity index (χ3n) is 3.61. The van der Waals surface area contributed by atoms with Gasteiger partial charge in [0.1, 0.15) is 6.04 Å². The van der Waals surface area contributed by atoms with E-state index in [4.69, 9.17) is 11.5 Å². The summed E-state index contributed by atoms with van der Waals surface area (Å²) in [5, 5.41) is 5.72. The fourth-order valence-corrected chi connectivity index (χ4v) is 2.45. The van der Waals surface area contributed by atoms with Gasteiger partial charge < -0.3 is 22.1 Å². The second-order valence-corrected chi connectivity index (χ2v) is 7.98. The molecule has 6 N–H and O–H groups in total. The van der Waals surface area contributed by atoms with E-state index < -0.39 is 12.1 Å². The van der Waals surface area contributed by atoms with Crippen LogP contribution in [0.1, 0.15) is 46.6 Å². The zero-order valence-corrected chi connectivity index (χ0v) is 15.9. The largest absolute Gasteiger partial charge is 0.399 e. The molecule has 0 saturated heterocycles. The van der Waals surface area contributed by atoms with Crippen LogP contribution in [0.5, 0.6) is 0 Å². The minimum absolute atomic E-state index is 0.227. The average Bonchev–Trinajstić information content (AvgIpc) is 2.46. The number of nitrogens with one attached hydrogen (secondary N) is 2. The minimum Gasteiger partial charge on any atom is -0.399 e. The van der Waals surface area contributed by atoms with E-state index >= 15 is 0 Å². The summed E-state index contributed by atoms with van der Waals surface area (Å²) in [6.45, 7) is 9.71. The molecule has 6 nitrogen and oxygen atoms in total. The van der Waals surface area contributed by atoms with Crippen LogP contribution >= 0.6 is 0 Å². The molecule has 0 aliphatic heterocycles. The molecule has 1 aromatic carbocycles. The maximum absolute atomic E-state index is 12.6. The number of hydrogen-bond acceptors (Lipinski definition) is 4. The predicted molar refractivity (Wildman–Crippen MR) is 102 cm³/mol. The van der Waals surface area contributed by atoms with Gasteiger partial charge in [0.15, 0.2) is 0 Å². The third-order valence-corrected chi connectivity index (χ3v) is 3.61. The van der Waals surface area contributed by atoms with Crippen molar-refractivity contribution in [1.29, 1.82) is 0 Å². The van der Waals surface area contributed by atoms with E-state index in [2.05, 4.69) is 10.6 Å². The number of benzene rings is 1. The van der Waals surface area contributed by atoms with Crippen molar-refractivity contribution in [3.63, 3.8) is 0 Å². The first-order valence-corrected chi connectivity index (χ1v) is 8.70. The normalized spacial score (nSPS) is 14.0. The Labute approximate surface area is 150 Å². The van der Waals surface area contributed by atoms with Gasteiger partial charge in [0.2, 0.25) is 11.8 Å². The molecule has 0 spiro atoms. The van der Waals surface area contributed by atoms with E-state index in [0.29, 0.717) is 24.4 Å². The molecule has 0 fully saturated rings. The van der Waals surface area contributed by atoms with Crippen LogP contribution in [0.15, 0.2) is 24.3 Å². The molecule has 140 valence electrons. The fourth-order valence-electron chi connectivity index (χ4n) is 2.45. The summed E-state index contributed by atoms with van der Waals surface area (Å²) >= 11 is 0. The second-order valence-electron chi connectivity index (χ2n) is 7.98. The molecular formula is C19H32N4O2. The molecule has 0 radical (unpaired) electrons. The molecule has 25 heavy (non-hydrogen) atoms. The number of hydrogen-bond donors (Lipinski definition) is 4. The molecule has 0 bridgehead atoms. The zero-order chi connectivity index (χ0) is 19.2. The number of anilines is 1. The summed E-state index contributed by atoms with van der Waals surface area (Å²) < 4.78 is 0. The van der Waals surface area contributed by atoms with Gasteiger partial charge >= 0.3 is 0 Å². The number of rotatable bonds is 7. The molecule has 2 amide bonds. The van der Waals surface area contributed by atoms with Crippen LogP contribution in [0.2, 0.25) is 0 Å². The molecule has 2 unspecified atom stereocenters. The standard InChI is InChI=1S/C19H32N4O2/c1-12(2)10-15(21)17(24)22-16(18(25)23-19(3,4)5)11-13-6-8-14(20)9-7-13/h6-9,12,15-16H,10-11,20-21H2,1-5H3,(H,22,24)(H,23,25). The van der Waals surface area contributed by atoms with E-state index in [1.54, 1.807) is 12.1 Å². The molecular weight excluding hydrogens is 316 g/mol. The lowest BCUT2D eigenvalue weighted by molar-refractivity contribution is -0.130. The Balaban J connectivity index is 2.88. The van der Waals surface area contributed by atoms with Crippen molar-refractivity contribution in [2.24, 2.45) is 11.7 Å². The van der Waals surface area contributed by atoms with E-state index in [0.717, 1.165) is 5.56 Å². The van der Waals surface area contributed by atoms with Crippen LogP contribution in [0.3, 0.4) is 0 Å². The molecule has 6 heteroatoms. The summed E-state index contributed by atoms with van der Waals surface area (Å²) in [6.07, 6.45) is 0.948. The van der Waals surface area contributed by atoms with Gasteiger partial charge in [-0.15, -0.1) is 0 Å². The SMILES string of the molecule is CC(C)CC(N)C(=O)NC(Cc1ccc(N)cc1)C(=O)NC(C)(C)C. The third kappa shape index (κ3) is 8.03. The number of carbonyl (C=O) groups is 2. The highest BCUT2D eigenvalue weighted by molar-refractivity contribution is 5.90. The summed E-state index contributed by atoms with van der Waals surface area (Å²) in [5.41, 5.74) is 12.8. The first kappa shape index (κ1) is 21.0. The number of nitrogens with two attached hydrogens (primary N) is 2. The molecule has 0 aromatic heterocycles. The number of nitrogen functional groups attached to an aromatic ring is 1. The van der Waals surface area contributed by atoms with Gasteiger partial charge in [-0.05, 0) is 50.8 Å². The van der Waals surface area contributed by atoms with Crippen molar-refractivity contribution in [3.8, 4) is 0 Å². The highest BCUT2D eigenvalue weighted by Gasteiger charge is 2.27. The van der Waals surface area contributed by atoms with Crippen molar-refractivity contribution in [1.82, 2.24) is 10.6 Å². The molecule has 1 aromatic rings. The van der Waals surface area contributed by atoms with Crippen molar-refractivity contribution < 1.29 is 9.59 Å². The van der Waals surface area contributed by atoms with Gasteiger partial charge in [0, 0.05) is 17.6 Å². The van der Waals surface area contributed by atoms with Crippen molar-refractivity contribution >= 4 is 17.5 Å². The van der Waals surface area contributed by atoms with Crippen LogP contribution in [0.4, 0.5) is 5.69 Å². The second kappa shape index (κ2) is 8.85. The lowest BCUT2D eigenvalue weighted by Gasteiger charge is -2.26. The molecule has 0 heterocycles. The summed E-state index contributed by atoms with van der Waals surface area (Å²) in [6, 6.07) is 5.95. The van der Waals surface area contributed by atoms with Crippen molar-refractivity contribution in [2.45, 2.75) is 65.1 Å². The molecule has 0 saturated carbocycles. The van der Waals surface area contributed by atoms with Crippen LogP contribution < -0.4 is 22.1 Å². The summed E-state index contributed by atoms with van der Waals surface area (Å²) in [7, 11) is 0. The van der Waals surface area contributed by atoms with Gasteiger partial charge in [-0.1, -0.05) is 26.0 Å². The summed E-state index contributed by atoms with van der Waals surface area (Å²) in [5.74, 6) is -0.229. The maximum atomic E-state index is 12.6. The van der Waals surface area contributed by atoms with E-state index in [-0.39, 0.29) is 17.4 Å². The smallest absolute Gasteiger partial charge is 0.243 e. The quantitative estimate of drug-likeness (QED) is 0.561. The molecule has 0 aliphatic carbocycles. The lowest BCUT2D eigenvalue weighted by atomic mass is 10.0. The highest BCUT2D eigenvalue weighted by atomic mass is 16.2. The van der Waals surface area contributed by atoms with Gasteiger partial charge in [-0.2, -0.15) is 0 Å². The molecule has 2 atom stereocenters. The monoisotopic (exact) mass is 348 g/mol. The van der Waals surface area contributed by atoms with Crippen molar-refractivity contribution in [3.05, 3.63) is 29.8 Å². The zero-order valence-electron chi connectivity index (χ0n) is 15.9. The fraction of sp³-hybridized carbons (Fsp3) is 0.579. The average molecular weight is 348 g/mol. The van der Waals surface area contributed by atoms with Crippen LogP contribution in [0, 0.1) is 5.92 Å². The Morgan fingerprint density at radius 2 is 1.64 bits per heavy atom. The van der Waals surface area contributed by atoms with Gasteiger partial charge in [-0.3, -0.25) is 9.59 Å². The first-order valence-electron chi connectivity index (χ1n) is 8.70. The van der Waals surface area contributed by atoms with Gasteiger partial charge in [-0.25, -0.2) is 0 Å². The van der Waals surface area contributed by atoms with Crippen LogP contribution in [-0.2, 0) is 16.0 Å². The summed E-state index contributed by atoms with van der Waals surface area (Å²) in [4.78, 5) is 25.0. The Morgan fingerprint density at radius 1 is 1.08 bits per heavy atom. The van der Waals surface area contributed by atoms with Gasteiger partial charge in [0.25, 0.3) is 0 Å². The lowest BCUT2D eigenvalue weighted by Crippen LogP contribution is -2.55. The Hall–Kier alpha value is -2.08.